The average molecular weight is 390 g/mol. The van der Waals surface area contributed by atoms with Crippen LogP contribution in [-0.4, -0.2) is 20.6 Å². The summed E-state index contributed by atoms with van der Waals surface area (Å²) < 4.78 is 30.5. The van der Waals surface area contributed by atoms with Crippen LogP contribution in [0.1, 0.15) is 52.4 Å². The van der Waals surface area contributed by atoms with Crippen LogP contribution in [-0.2, 0) is 10.0 Å². The molecule has 1 saturated carbocycles. The number of benzene rings is 1. The maximum absolute atomic E-state index is 12.6. The fourth-order valence-corrected chi connectivity index (χ4v) is 3.68. The first-order valence-corrected chi connectivity index (χ1v) is 10.6. The standard InChI is InChI=1S/C19H22N2O5S/c1-11-9-14(7-8-15(11)21-27(3,24)25)20-18(22)17-12(2)10-16(26-19(17)23)13-5-4-6-13/h7-10,13,21H,4-6H2,1-3H3,(H,20,22). The van der Waals surface area contributed by atoms with Crippen molar-refractivity contribution < 1.29 is 17.6 Å². The van der Waals surface area contributed by atoms with Gasteiger partial charge in [0.2, 0.25) is 10.0 Å². The Balaban J connectivity index is 1.81. The van der Waals surface area contributed by atoms with E-state index in [2.05, 4.69) is 10.0 Å². The highest BCUT2D eigenvalue weighted by atomic mass is 32.2. The van der Waals surface area contributed by atoms with Crippen molar-refractivity contribution in [1.29, 1.82) is 0 Å². The van der Waals surface area contributed by atoms with Crippen LogP contribution in [0.25, 0.3) is 0 Å². The molecule has 0 atom stereocenters. The first-order chi connectivity index (χ1) is 12.6. The fraction of sp³-hybridized carbons (Fsp3) is 0.368. The van der Waals surface area contributed by atoms with E-state index in [0.717, 1.165) is 25.5 Å². The first-order valence-electron chi connectivity index (χ1n) is 8.68. The second-order valence-corrected chi connectivity index (χ2v) is 8.73. The van der Waals surface area contributed by atoms with Gasteiger partial charge < -0.3 is 9.73 Å². The maximum Gasteiger partial charge on any atom is 0.349 e. The molecule has 1 aliphatic rings. The predicted octanol–water partition coefficient (Wildman–Crippen LogP) is 3.15. The third-order valence-corrected chi connectivity index (χ3v) is 5.27. The van der Waals surface area contributed by atoms with Gasteiger partial charge in [-0.05, 0) is 62.1 Å². The van der Waals surface area contributed by atoms with Crippen LogP contribution in [0.5, 0.6) is 0 Å². The van der Waals surface area contributed by atoms with E-state index < -0.39 is 21.6 Å². The SMILES string of the molecule is Cc1cc(NC(=O)c2c(C)cc(C3CCC3)oc2=O)ccc1NS(C)(=O)=O. The van der Waals surface area contributed by atoms with Crippen molar-refractivity contribution in [2.75, 3.05) is 16.3 Å². The number of rotatable bonds is 5. The molecule has 0 aliphatic heterocycles. The van der Waals surface area contributed by atoms with Crippen LogP contribution < -0.4 is 15.7 Å². The Bertz CT molecular complexity index is 1050. The van der Waals surface area contributed by atoms with E-state index >= 15 is 0 Å². The number of sulfonamides is 1. The molecule has 0 spiro atoms. The molecule has 1 aromatic heterocycles. The number of anilines is 2. The van der Waals surface area contributed by atoms with Gasteiger partial charge in [0.1, 0.15) is 11.3 Å². The Morgan fingerprint density at radius 2 is 1.85 bits per heavy atom. The molecule has 27 heavy (non-hydrogen) atoms. The summed E-state index contributed by atoms with van der Waals surface area (Å²) in [4.78, 5) is 24.9. The van der Waals surface area contributed by atoms with E-state index in [1.54, 1.807) is 38.1 Å². The Morgan fingerprint density at radius 1 is 1.15 bits per heavy atom. The van der Waals surface area contributed by atoms with Gasteiger partial charge in [-0.25, -0.2) is 13.2 Å². The van der Waals surface area contributed by atoms with E-state index in [9.17, 15) is 18.0 Å². The molecule has 8 heteroatoms. The molecule has 0 bridgehead atoms. The molecular weight excluding hydrogens is 368 g/mol. The van der Waals surface area contributed by atoms with Gasteiger partial charge in [-0.2, -0.15) is 0 Å². The van der Waals surface area contributed by atoms with Gasteiger partial charge in [0.25, 0.3) is 5.91 Å². The van der Waals surface area contributed by atoms with Gasteiger partial charge in [-0.1, -0.05) is 6.42 Å². The summed E-state index contributed by atoms with van der Waals surface area (Å²) in [5, 5.41) is 2.67. The Morgan fingerprint density at radius 3 is 2.37 bits per heavy atom. The number of nitrogens with one attached hydrogen (secondary N) is 2. The molecular formula is C19H22N2O5S. The smallest absolute Gasteiger partial charge is 0.349 e. The van der Waals surface area contributed by atoms with Gasteiger partial charge >= 0.3 is 5.63 Å². The zero-order chi connectivity index (χ0) is 19.8. The molecule has 0 unspecified atom stereocenters. The van der Waals surface area contributed by atoms with Crippen molar-refractivity contribution in [3.63, 3.8) is 0 Å². The molecule has 1 fully saturated rings. The number of hydrogen-bond acceptors (Lipinski definition) is 5. The normalized spacial score (nSPS) is 14.5. The molecule has 3 rings (SSSR count). The maximum atomic E-state index is 12.6. The molecule has 0 radical (unpaired) electrons. The lowest BCUT2D eigenvalue weighted by Gasteiger charge is -2.24. The third kappa shape index (κ3) is 4.39. The topological polar surface area (TPSA) is 105 Å². The summed E-state index contributed by atoms with van der Waals surface area (Å²) in [6.45, 7) is 3.44. The van der Waals surface area contributed by atoms with Crippen LogP contribution in [0.3, 0.4) is 0 Å². The summed E-state index contributed by atoms with van der Waals surface area (Å²) in [5.74, 6) is 0.364. The molecule has 2 aromatic rings. The van der Waals surface area contributed by atoms with E-state index in [1.807, 2.05) is 0 Å². The van der Waals surface area contributed by atoms with Gasteiger partial charge in [0, 0.05) is 11.6 Å². The van der Waals surface area contributed by atoms with Crippen LogP contribution in [0.4, 0.5) is 11.4 Å². The minimum Gasteiger partial charge on any atom is -0.427 e. The highest BCUT2D eigenvalue weighted by Gasteiger charge is 2.25. The number of amides is 1. The molecule has 144 valence electrons. The summed E-state index contributed by atoms with van der Waals surface area (Å²) in [6, 6.07) is 6.52. The lowest BCUT2D eigenvalue weighted by Crippen LogP contribution is -2.24. The van der Waals surface area contributed by atoms with Crippen LogP contribution in [0, 0.1) is 13.8 Å². The minimum atomic E-state index is -3.39. The van der Waals surface area contributed by atoms with Crippen molar-refractivity contribution in [3.8, 4) is 0 Å². The van der Waals surface area contributed by atoms with Crippen LogP contribution in [0.15, 0.2) is 33.5 Å². The van der Waals surface area contributed by atoms with Crippen LogP contribution >= 0.6 is 0 Å². The number of hydrogen-bond donors (Lipinski definition) is 2. The molecule has 7 nitrogen and oxygen atoms in total. The van der Waals surface area contributed by atoms with E-state index in [4.69, 9.17) is 4.42 Å². The van der Waals surface area contributed by atoms with Gasteiger partial charge in [0.15, 0.2) is 0 Å². The molecule has 1 aliphatic carbocycles. The summed E-state index contributed by atoms with van der Waals surface area (Å²) in [6.07, 6.45) is 4.19. The lowest BCUT2D eigenvalue weighted by molar-refractivity contribution is 0.102. The summed E-state index contributed by atoms with van der Waals surface area (Å²) >= 11 is 0. The highest BCUT2D eigenvalue weighted by Crippen LogP contribution is 2.36. The Hall–Kier alpha value is -2.61. The minimum absolute atomic E-state index is 0.0194. The largest absolute Gasteiger partial charge is 0.427 e. The van der Waals surface area contributed by atoms with Crippen LogP contribution in [0.2, 0.25) is 0 Å². The van der Waals surface area contributed by atoms with Crippen molar-refractivity contribution in [2.24, 2.45) is 0 Å². The molecule has 2 N–H and O–H groups in total. The monoisotopic (exact) mass is 390 g/mol. The Kier molecular flexibility index (Phi) is 5.10. The quantitative estimate of drug-likeness (QED) is 0.816. The lowest BCUT2D eigenvalue weighted by atomic mass is 9.83. The zero-order valence-electron chi connectivity index (χ0n) is 15.5. The van der Waals surface area contributed by atoms with E-state index in [0.29, 0.717) is 28.3 Å². The second-order valence-electron chi connectivity index (χ2n) is 6.98. The summed E-state index contributed by atoms with van der Waals surface area (Å²) in [5.41, 5.74) is 1.45. The molecule has 0 saturated heterocycles. The molecule has 1 heterocycles. The van der Waals surface area contributed by atoms with E-state index in [-0.39, 0.29) is 11.5 Å². The number of carbonyl (C=O) groups is 1. The van der Waals surface area contributed by atoms with E-state index in [1.165, 1.54) is 0 Å². The third-order valence-electron chi connectivity index (χ3n) is 4.68. The van der Waals surface area contributed by atoms with Gasteiger partial charge in [-0.15, -0.1) is 0 Å². The average Bonchev–Trinajstić information content (AvgIpc) is 2.46. The fourth-order valence-electron chi connectivity index (χ4n) is 3.05. The molecule has 1 amide bonds. The first kappa shape index (κ1) is 19.2. The number of aryl methyl sites for hydroxylation is 2. The zero-order valence-corrected chi connectivity index (χ0v) is 16.3. The number of carbonyl (C=O) groups excluding carboxylic acids is 1. The molecule has 1 aromatic carbocycles. The van der Waals surface area contributed by atoms with Gasteiger partial charge in [0.05, 0.1) is 11.9 Å². The highest BCUT2D eigenvalue weighted by molar-refractivity contribution is 7.92. The Labute approximate surface area is 157 Å². The van der Waals surface area contributed by atoms with Gasteiger partial charge in [-0.3, -0.25) is 9.52 Å². The predicted molar refractivity (Wildman–Crippen MR) is 104 cm³/mol. The van der Waals surface area contributed by atoms with Crippen molar-refractivity contribution in [3.05, 3.63) is 57.1 Å². The van der Waals surface area contributed by atoms with Crippen molar-refractivity contribution >= 4 is 27.3 Å². The second kappa shape index (κ2) is 7.19. The summed E-state index contributed by atoms with van der Waals surface area (Å²) in [7, 11) is -3.39. The van der Waals surface area contributed by atoms with Crippen molar-refractivity contribution in [2.45, 2.75) is 39.0 Å². The van der Waals surface area contributed by atoms with Crippen molar-refractivity contribution in [1.82, 2.24) is 0 Å².